The fraction of sp³-hybridized carbons (Fsp3) is 0.862. The Hall–Kier alpha value is -1.32. The molecule has 0 aromatic rings. The van der Waals surface area contributed by atoms with E-state index in [9.17, 15) is 9.59 Å². The minimum atomic E-state index is -0.414. The van der Waals surface area contributed by atoms with Gasteiger partial charge in [0.15, 0.2) is 0 Å². The zero-order chi connectivity index (χ0) is 23.6. The number of hydrogen-bond acceptors (Lipinski definition) is 4. The minimum absolute atomic E-state index is 0.0212. The fourth-order valence-corrected chi connectivity index (χ4v) is 5.20. The smallest absolute Gasteiger partial charge is 0.334 e. The van der Waals surface area contributed by atoms with Gasteiger partial charge in [-0.2, -0.15) is 0 Å². The standard InChI is InChI=1S/C29H50O4/c1-25(29(31)33-27-22-18-14-10-6-3-7-11-15-19-23-27)24-28(30)32-26-20-16-12-8-4-2-5-9-13-17-21-26/h26-27H,1-24H2. The summed E-state index contributed by atoms with van der Waals surface area (Å²) in [5, 5.41) is 0. The summed E-state index contributed by atoms with van der Waals surface area (Å²) in [6.45, 7) is 3.86. The number of carbonyl (C=O) groups excluding carboxylic acids is 2. The lowest BCUT2D eigenvalue weighted by atomic mass is 9.99. The summed E-state index contributed by atoms with van der Waals surface area (Å²) in [5.74, 6) is -0.740. The molecular weight excluding hydrogens is 412 g/mol. The Balaban J connectivity index is 1.74. The van der Waals surface area contributed by atoms with Crippen molar-refractivity contribution < 1.29 is 19.1 Å². The predicted molar refractivity (Wildman–Crippen MR) is 135 cm³/mol. The molecule has 4 heteroatoms. The van der Waals surface area contributed by atoms with E-state index >= 15 is 0 Å². The van der Waals surface area contributed by atoms with Gasteiger partial charge in [-0.1, -0.05) is 96.5 Å². The quantitative estimate of drug-likeness (QED) is 0.304. The van der Waals surface area contributed by atoms with Crippen LogP contribution in [-0.2, 0) is 19.1 Å². The molecule has 2 rings (SSSR count). The maximum Gasteiger partial charge on any atom is 0.334 e. The Bertz CT molecular complexity index is 532. The summed E-state index contributed by atoms with van der Waals surface area (Å²) >= 11 is 0. The topological polar surface area (TPSA) is 52.6 Å². The molecule has 0 unspecified atom stereocenters. The molecule has 0 N–H and O–H groups in total. The lowest BCUT2D eigenvalue weighted by Gasteiger charge is -2.20. The van der Waals surface area contributed by atoms with Crippen LogP contribution in [0.15, 0.2) is 12.2 Å². The van der Waals surface area contributed by atoms with Gasteiger partial charge >= 0.3 is 11.9 Å². The van der Waals surface area contributed by atoms with Crippen LogP contribution < -0.4 is 0 Å². The number of rotatable bonds is 5. The molecule has 0 saturated heterocycles. The number of carbonyl (C=O) groups is 2. The van der Waals surface area contributed by atoms with Crippen molar-refractivity contribution in [2.75, 3.05) is 0 Å². The first-order chi connectivity index (χ1) is 16.1. The van der Waals surface area contributed by atoms with E-state index in [-0.39, 0.29) is 30.2 Å². The van der Waals surface area contributed by atoms with E-state index in [1.54, 1.807) is 0 Å². The van der Waals surface area contributed by atoms with Crippen LogP contribution in [0.5, 0.6) is 0 Å². The van der Waals surface area contributed by atoms with Gasteiger partial charge in [0.2, 0.25) is 0 Å². The summed E-state index contributed by atoms with van der Waals surface area (Å²) in [7, 11) is 0. The maximum absolute atomic E-state index is 12.6. The van der Waals surface area contributed by atoms with Crippen molar-refractivity contribution in [3.8, 4) is 0 Å². The van der Waals surface area contributed by atoms with Crippen LogP contribution in [-0.4, -0.2) is 24.1 Å². The van der Waals surface area contributed by atoms with Gasteiger partial charge in [-0.05, 0) is 51.4 Å². The van der Waals surface area contributed by atoms with Gasteiger partial charge in [-0.25, -0.2) is 4.79 Å². The molecule has 0 amide bonds. The van der Waals surface area contributed by atoms with E-state index in [1.807, 2.05) is 0 Å². The SMILES string of the molecule is C=C(CC(=O)OC1CCCCCCCCCCC1)C(=O)OC1CCCCCCCCCCC1. The van der Waals surface area contributed by atoms with E-state index in [4.69, 9.17) is 9.47 Å². The van der Waals surface area contributed by atoms with E-state index in [2.05, 4.69) is 6.58 Å². The molecule has 2 aliphatic rings. The highest BCUT2D eigenvalue weighted by Gasteiger charge is 2.21. The number of hydrogen-bond donors (Lipinski definition) is 0. The van der Waals surface area contributed by atoms with E-state index in [0.717, 1.165) is 51.4 Å². The number of esters is 2. The highest BCUT2D eigenvalue weighted by atomic mass is 16.6. The molecule has 2 aliphatic carbocycles. The monoisotopic (exact) mass is 462 g/mol. The number of ether oxygens (including phenoxy) is 2. The molecule has 2 fully saturated rings. The molecule has 0 spiro atoms. The summed E-state index contributed by atoms with van der Waals surface area (Å²) in [5.41, 5.74) is 0.235. The average Bonchev–Trinajstić information content (AvgIpc) is 2.77. The molecule has 4 nitrogen and oxygen atoms in total. The predicted octanol–water partition coefficient (Wildman–Crippen LogP) is 8.37. The fourth-order valence-electron chi connectivity index (χ4n) is 5.20. The first-order valence-electron chi connectivity index (χ1n) is 14.2. The summed E-state index contributed by atoms with van der Waals surface area (Å²) < 4.78 is 11.6. The first-order valence-corrected chi connectivity index (χ1v) is 14.2. The van der Waals surface area contributed by atoms with Gasteiger partial charge in [-0.15, -0.1) is 0 Å². The van der Waals surface area contributed by atoms with Crippen molar-refractivity contribution in [1.29, 1.82) is 0 Å². The van der Waals surface area contributed by atoms with Crippen LogP contribution in [0.1, 0.15) is 148 Å². The van der Waals surface area contributed by atoms with Gasteiger partial charge in [-0.3, -0.25) is 4.79 Å². The molecule has 0 aromatic carbocycles. The normalized spacial score (nSPS) is 21.9. The zero-order valence-electron chi connectivity index (χ0n) is 21.3. The van der Waals surface area contributed by atoms with E-state index in [0.29, 0.717) is 0 Å². The van der Waals surface area contributed by atoms with Crippen molar-refractivity contribution in [2.45, 2.75) is 160 Å². The molecular formula is C29H50O4. The molecule has 0 heterocycles. The van der Waals surface area contributed by atoms with Crippen LogP contribution in [0.2, 0.25) is 0 Å². The summed E-state index contributed by atoms with van der Waals surface area (Å²) in [6, 6.07) is 0. The Kier molecular flexibility index (Phi) is 15.3. The molecule has 0 aliphatic heterocycles. The van der Waals surface area contributed by atoms with E-state index in [1.165, 1.54) is 89.9 Å². The van der Waals surface area contributed by atoms with Crippen molar-refractivity contribution in [3.63, 3.8) is 0 Å². The lowest BCUT2D eigenvalue weighted by Crippen LogP contribution is -2.23. The second-order valence-electron chi connectivity index (χ2n) is 10.4. The third-order valence-corrected chi connectivity index (χ3v) is 7.32. The Morgan fingerprint density at radius 1 is 0.515 bits per heavy atom. The van der Waals surface area contributed by atoms with Crippen LogP contribution in [0.3, 0.4) is 0 Å². The lowest BCUT2D eigenvalue weighted by molar-refractivity contribution is -0.152. The second-order valence-corrected chi connectivity index (χ2v) is 10.4. The van der Waals surface area contributed by atoms with Crippen LogP contribution in [0.25, 0.3) is 0 Å². The Morgan fingerprint density at radius 2 is 0.818 bits per heavy atom. The Morgan fingerprint density at radius 3 is 1.18 bits per heavy atom. The summed E-state index contributed by atoms with van der Waals surface area (Å²) in [4.78, 5) is 25.2. The largest absolute Gasteiger partial charge is 0.462 e. The third kappa shape index (κ3) is 13.9. The third-order valence-electron chi connectivity index (χ3n) is 7.32. The highest BCUT2D eigenvalue weighted by Crippen LogP contribution is 2.22. The molecule has 0 radical (unpaired) electrons. The second kappa shape index (κ2) is 18.1. The van der Waals surface area contributed by atoms with Gasteiger partial charge in [0.1, 0.15) is 12.2 Å². The van der Waals surface area contributed by atoms with Crippen LogP contribution in [0.4, 0.5) is 0 Å². The molecule has 0 atom stereocenters. The maximum atomic E-state index is 12.6. The minimum Gasteiger partial charge on any atom is -0.462 e. The summed E-state index contributed by atoms with van der Waals surface area (Å²) in [6.07, 6.45) is 26.0. The van der Waals surface area contributed by atoms with Crippen molar-refractivity contribution in [1.82, 2.24) is 0 Å². The Labute approximate surface area is 203 Å². The van der Waals surface area contributed by atoms with Gasteiger partial charge in [0, 0.05) is 5.57 Å². The van der Waals surface area contributed by atoms with Gasteiger partial charge in [0.25, 0.3) is 0 Å². The molecule has 0 aromatic heterocycles. The zero-order valence-corrected chi connectivity index (χ0v) is 21.3. The highest BCUT2D eigenvalue weighted by molar-refractivity contribution is 5.93. The van der Waals surface area contributed by atoms with E-state index < -0.39 is 5.97 Å². The van der Waals surface area contributed by atoms with Crippen LogP contribution >= 0.6 is 0 Å². The van der Waals surface area contributed by atoms with Crippen molar-refractivity contribution in [2.24, 2.45) is 0 Å². The molecule has 0 bridgehead atoms. The average molecular weight is 463 g/mol. The van der Waals surface area contributed by atoms with Crippen molar-refractivity contribution >= 4 is 11.9 Å². The first kappa shape index (κ1) is 27.9. The van der Waals surface area contributed by atoms with Crippen LogP contribution in [0, 0.1) is 0 Å². The molecule has 2 saturated carbocycles. The van der Waals surface area contributed by atoms with Gasteiger partial charge in [0.05, 0.1) is 6.42 Å². The molecule has 190 valence electrons. The van der Waals surface area contributed by atoms with Crippen molar-refractivity contribution in [3.05, 3.63) is 12.2 Å². The molecule has 33 heavy (non-hydrogen) atoms. The van der Waals surface area contributed by atoms with Gasteiger partial charge < -0.3 is 9.47 Å².